The van der Waals surface area contributed by atoms with Crippen molar-refractivity contribution in [2.24, 2.45) is 5.92 Å². The number of amides is 1. The molecule has 0 aliphatic carbocycles. The van der Waals surface area contributed by atoms with Crippen LogP contribution >= 0.6 is 11.6 Å². The predicted octanol–water partition coefficient (Wildman–Crippen LogP) is 4.32. The van der Waals surface area contributed by atoms with Crippen molar-refractivity contribution >= 4 is 33.2 Å². The number of carbonyl (C=O) groups is 1. The van der Waals surface area contributed by atoms with Crippen molar-refractivity contribution in [1.82, 2.24) is 15.2 Å². The maximum absolute atomic E-state index is 14.9. The zero-order valence-electron chi connectivity index (χ0n) is 19.6. The molecule has 0 spiro atoms. The highest BCUT2D eigenvalue weighted by atomic mass is 35.5. The summed E-state index contributed by atoms with van der Waals surface area (Å²) < 4.78 is 69.1. The lowest BCUT2D eigenvalue weighted by molar-refractivity contribution is -0.139. The van der Waals surface area contributed by atoms with Gasteiger partial charge in [-0.2, -0.15) is 0 Å². The Morgan fingerprint density at radius 2 is 1.89 bits per heavy atom. The van der Waals surface area contributed by atoms with Crippen LogP contribution in [0.15, 0.2) is 36.5 Å². The highest BCUT2D eigenvalue weighted by Crippen LogP contribution is 2.37. The van der Waals surface area contributed by atoms with Gasteiger partial charge in [0.15, 0.2) is 5.66 Å². The Labute approximate surface area is 208 Å². The molecule has 3 rings (SSSR count). The highest BCUT2D eigenvalue weighted by Gasteiger charge is 2.50. The van der Waals surface area contributed by atoms with Gasteiger partial charge in [-0.3, -0.25) is 14.4 Å². The summed E-state index contributed by atoms with van der Waals surface area (Å²) in [6.45, 7) is 4.18. The number of carbonyl (C=O) groups excluding carboxylic acids is 1. The van der Waals surface area contributed by atoms with Gasteiger partial charge in [0, 0.05) is 24.8 Å². The average molecular weight is 533 g/mol. The number of nitrogens with one attached hydrogen (secondary N) is 2. The zero-order chi connectivity index (χ0) is 26.0. The third-order valence-corrected chi connectivity index (χ3v) is 7.08. The Bertz CT molecular complexity index is 1160. The fourth-order valence-electron chi connectivity index (χ4n) is 4.15. The summed E-state index contributed by atoms with van der Waals surface area (Å²) in [7, 11) is -3.71. The molecule has 2 heterocycles. The zero-order valence-corrected chi connectivity index (χ0v) is 21.1. The molecule has 12 heteroatoms. The van der Waals surface area contributed by atoms with E-state index in [1.807, 2.05) is 11.6 Å². The number of nitrogens with zero attached hydrogens (tertiary/aromatic N) is 2. The van der Waals surface area contributed by atoms with Crippen molar-refractivity contribution in [1.29, 1.82) is 0 Å². The van der Waals surface area contributed by atoms with E-state index in [4.69, 9.17) is 11.6 Å². The van der Waals surface area contributed by atoms with Gasteiger partial charge in [-0.15, -0.1) is 0 Å². The van der Waals surface area contributed by atoms with Crippen molar-refractivity contribution in [2.75, 3.05) is 24.1 Å². The first-order valence-corrected chi connectivity index (χ1v) is 13.3. The first-order chi connectivity index (χ1) is 16.3. The van der Waals surface area contributed by atoms with Gasteiger partial charge in [-0.25, -0.2) is 26.6 Å². The van der Waals surface area contributed by atoms with E-state index in [1.54, 1.807) is 4.90 Å². The van der Waals surface area contributed by atoms with E-state index in [-0.39, 0.29) is 22.0 Å². The van der Waals surface area contributed by atoms with E-state index in [9.17, 15) is 26.4 Å². The average Bonchev–Trinajstić information content (AvgIpc) is 2.78. The van der Waals surface area contributed by atoms with E-state index in [2.05, 4.69) is 10.3 Å². The van der Waals surface area contributed by atoms with Gasteiger partial charge >= 0.3 is 0 Å². The lowest BCUT2D eigenvalue weighted by atomic mass is 9.91. The number of hydrogen-bond donors (Lipinski definition) is 2. The van der Waals surface area contributed by atoms with Crippen molar-refractivity contribution in [3.05, 3.63) is 58.6 Å². The molecule has 7 nitrogen and oxygen atoms in total. The first kappa shape index (κ1) is 27.2. The molecule has 1 aromatic heterocycles. The second kappa shape index (κ2) is 10.7. The van der Waals surface area contributed by atoms with Gasteiger partial charge in [0.05, 0.1) is 17.9 Å². The smallest absolute Gasteiger partial charge is 0.279 e. The van der Waals surface area contributed by atoms with Crippen LogP contribution in [0.1, 0.15) is 43.7 Å². The molecule has 2 aromatic rings. The largest absolute Gasteiger partial charge is 0.329 e. The van der Waals surface area contributed by atoms with Crippen molar-refractivity contribution < 1.29 is 26.4 Å². The number of piperidine rings is 1. The number of aromatic nitrogens is 1. The van der Waals surface area contributed by atoms with Crippen LogP contribution in [0.2, 0.25) is 5.15 Å². The topological polar surface area (TPSA) is 91.4 Å². The lowest BCUT2D eigenvalue weighted by Crippen LogP contribution is -2.64. The van der Waals surface area contributed by atoms with Gasteiger partial charge in [0.25, 0.3) is 6.43 Å². The molecule has 0 bridgehead atoms. The van der Waals surface area contributed by atoms with Gasteiger partial charge in [0.1, 0.15) is 11.0 Å². The summed E-state index contributed by atoms with van der Waals surface area (Å²) in [4.78, 5) is 18.8. The Balaban J connectivity index is 1.95. The molecule has 2 unspecified atom stereocenters. The van der Waals surface area contributed by atoms with Crippen molar-refractivity contribution in [3.8, 4) is 0 Å². The normalized spacial score (nSPS) is 18.2. The summed E-state index contributed by atoms with van der Waals surface area (Å²) in [5.41, 5.74) is -2.14. The van der Waals surface area contributed by atoms with E-state index >= 15 is 0 Å². The molecule has 0 radical (unpaired) electrons. The summed E-state index contributed by atoms with van der Waals surface area (Å²) in [6.07, 6.45) is 0.464. The van der Waals surface area contributed by atoms with Gasteiger partial charge in [-0.1, -0.05) is 30.7 Å². The summed E-state index contributed by atoms with van der Waals surface area (Å²) in [6, 6.07) is 6.37. The quantitative estimate of drug-likeness (QED) is 0.494. The van der Waals surface area contributed by atoms with Gasteiger partial charge in [0.2, 0.25) is 15.9 Å². The Morgan fingerprint density at radius 3 is 2.40 bits per heavy atom. The fourth-order valence-corrected chi connectivity index (χ4v) is 4.82. The van der Waals surface area contributed by atoms with Gasteiger partial charge in [-0.05, 0) is 49.4 Å². The second-order valence-electron chi connectivity index (χ2n) is 8.93. The lowest BCUT2D eigenvalue weighted by Gasteiger charge is -2.47. The molecule has 1 fully saturated rings. The molecule has 1 aliphatic rings. The number of likely N-dealkylation sites (tertiary alicyclic amines) is 1. The second-order valence-corrected chi connectivity index (χ2v) is 11.1. The third kappa shape index (κ3) is 6.25. The molecule has 192 valence electrons. The van der Waals surface area contributed by atoms with Crippen LogP contribution in [-0.2, 0) is 20.5 Å². The molecule has 2 atom stereocenters. The minimum absolute atomic E-state index is 0.0888. The number of rotatable bonds is 8. The molecular formula is C23H28ClF3N4O3S. The van der Waals surface area contributed by atoms with E-state index in [0.29, 0.717) is 31.8 Å². The Kier molecular flexibility index (Phi) is 8.33. The minimum atomic E-state index is -3.71. The van der Waals surface area contributed by atoms with Crippen LogP contribution in [0.5, 0.6) is 0 Å². The van der Waals surface area contributed by atoms with Crippen LogP contribution in [-0.4, -0.2) is 50.0 Å². The number of pyridine rings is 1. The molecule has 0 saturated carbocycles. The van der Waals surface area contributed by atoms with Crippen LogP contribution in [0.25, 0.3) is 0 Å². The number of halogens is 4. The molecular weight excluding hydrogens is 505 g/mol. The molecule has 1 saturated heterocycles. The minimum Gasteiger partial charge on any atom is -0.329 e. The summed E-state index contributed by atoms with van der Waals surface area (Å²) >= 11 is 5.87. The van der Waals surface area contributed by atoms with Crippen molar-refractivity contribution in [3.63, 3.8) is 0 Å². The fraction of sp³-hybridized carbons (Fsp3) is 0.478. The third-order valence-electron chi connectivity index (χ3n) is 6.26. The van der Waals surface area contributed by atoms with E-state index < -0.39 is 39.8 Å². The molecule has 2 N–H and O–H groups in total. The summed E-state index contributed by atoms with van der Waals surface area (Å²) in [5.74, 6) is -2.29. The molecule has 35 heavy (non-hydrogen) atoms. The monoisotopic (exact) mass is 532 g/mol. The SMILES string of the molecule is CC1CCN(C(NC(=O)C(C)c2ccc(NS(C)(=O)=O)c(F)c2)(c2ccc(Cl)nc2)C(F)F)CC1. The number of alkyl halides is 2. The van der Waals surface area contributed by atoms with E-state index in [1.165, 1.54) is 37.4 Å². The number of benzene rings is 1. The molecule has 1 aromatic carbocycles. The maximum atomic E-state index is 14.9. The Hall–Kier alpha value is -2.37. The first-order valence-electron chi connectivity index (χ1n) is 11.1. The van der Waals surface area contributed by atoms with Crippen LogP contribution in [0.3, 0.4) is 0 Å². The molecule has 1 amide bonds. The standard InChI is InChI=1S/C23H28ClF3N4O3S/c1-14-8-10-31(11-9-14)23(22(26)27,17-5-7-20(24)28-13-17)29-21(32)15(2)16-4-6-19(18(25)12-16)30-35(3,33)34/h4-7,12-15,22,30H,8-11H2,1-3H3,(H,29,32). The van der Waals surface area contributed by atoms with E-state index in [0.717, 1.165) is 12.3 Å². The Morgan fingerprint density at radius 1 is 1.23 bits per heavy atom. The number of sulfonamides is 1. The maximum Gasteiger partial charge on any atom is 0.279 e. The summed E-state index contributed by atoms with van der Waals surface area (Å²) in [5, 5.41) is 2.67. The molecule has 1 aliphatic heterocycles. The predicted molar refractivity (Wildman–Crippen MR) is 128 cm³/mol. The number of anilines is 1. The van der Waals surface area contributed by atoms with Gasteiger partial charge < -0.3 is 5.32 Å². The highest BCUT2D eigenvalue weighted by molar-refractivity contribution is 7.92. The van der Waals surface area contributed by atoms with Crippen molar-refractivity contribution in [2.45, 2.75) is 44.7 Å². The van der Waals surface area contributed by atoms with Crippen LogP contribution < -0.4 is 10.0 Å². The number of hydrogen-bond acceptors (Lipinski definition) is 5. The van der Waals surface area contributed by atoms with Crippen LogP contribution in [0, 0.1) is 11.7 Å². The van der Waals surface area contributed by atoms with Crippen LogP contribution in [0.4, 0.5) is 18.9 Å².